The number of rotatable bonds is 6. The zero-order valence-corrected chi connectivity index (χ0v) is 35.5. The summed E-state index contributed by atoms with van der Waals surface area (Å²) < 4.78 is 0. The van der Waals surface area contributed by atoms with E-state index in [1.165, 1.54) is 0 Å². The molecule has 0 aromatic heterocycles. The quantitative estimate of drug-likeness (QED) is 0.0486. The van der Waals surface area contributed by atoms with E-state index in [0.717, 1.165) is 66.8 Å². The van der Waals surface area contributed by atoms with Crippen LogP contribution in [-0.2, 0) is 38.5 Å². The van der Waals surface area contributed by atoms with Gasteiger partial charge in [-0.05, 0) is 178 Å². The SMILES string of the molecule is N/C(=N\O)c1cc2cc(c1)Cc1cc(cc(/C(N)=N/O)c1)Cc1cc(cc(/C(N)=N/O)c1)Cc1cc(cc(/C(N)=N/O)c1)Cc1cc(cc(/C(N)=N/O)c1)Cc1cc(cc(/C(N)=N/O)c1)C2. The Bertz CT molecular complexity index is 2390. The summed E-state index contributed by atoms with van der Waals surface area (Å²) in [5, 5.41) is 78.2. The minimum absolute atomic E-state index is 0.0985. The molecule has 66 heavy (non-hydrogen) atoms. The molecule has 0 spiro atoms. The minimum Gasteiger partial charge on any atom is -0.409 e. The molecule has 12 bridgehead atoms. The van der Waals surface area contributed by atoms with Crippen LogP contribution in [0, 0.1) is 0 Å². The summed E-state index contributed by atoms with van der Waals surface area (Å²) in [6.45, 7) is 0. The van der Waals surface area contributed by atoms with E-state index in [2.05, 4.69) is 30.9 Å². The molecule has 7 rings (SSSR count). The van der Waals surface area contributed by atoms with E-state index in [9.17, 15) is 31.2 Å². The van der Waals surface area contributed by atoms with Gasteiger partial charge in [0.1, 0.15) is 0 Å². The Kier molecular flexibility index (Phi) is 13.3. The predicted molar refractivity (Wildman–Crippen MR) is 251 cm³/mol. The lowest BCUT2D eigenvalue weighted by Gasteiger charge is -2.16. The highest BCUT2D eigenvalue weighted by Crippen LogP contribution is 2.27. The molecule has 1 aliphatic rings. The molecule has 0 unspecified atom stereocenters. The van der Waals surface area contributed by atoms with Crippen LogP contribution < -0.4 is 34.4 Å². The van der Waals surface area contributed by atoms with E-state index in [-0.39, 0.29) is 35.0 Å². The second-order valence-corrected chi connectivity index (χ2v) is 16.2. The Balaban J connectivity index is 1.47. The molecule has 0 radical (unpaired) electrons. The van der Waals surface area contributed by atoms with Crippen LogP contribution in [0.3, 0.4) is 0 Å². The van der Waals surface area contributed by atoms with Crippen LogP contribution >= 0.6 is 0 Å². The van der Waals surface area contributed by atoms with Crippen molar-refractivity contribution < 1.29 is 31.2 Å². The third-order valence-corrected chi connectivity index (χ3v) is 11.2. The molecule has 0 atom stereocenters. The first kappa shape index (κ1) is 45.0. The molecular weight excluding hydrogens is 841 g/mol. The zero-order valence-electron chi connectivity index (χ0n) is 35.5. The van der Waals surface area contributed by atoms with E-state index >= 15 is 0 Å². The van der Waals surface area contributed by atoms with E-state index in [1.807, 2.05) is 109 Å². The van der Waals surface area contributed by atoms with Crippen molar-refractivity contribution in [3.63, 3.8) is 0 Å². The summed E-state index contributed by atoms with van der Waals surface area (Å²) in [6, 6.07) is 33.8. The van der Waals surface area contributed by atoms with E-state index < -0.39 is 0 Å². The van der Waals surface area contributed by atoms with Crippen LogP contribution in [-0.4, -0.2) is 66.3 Å². The van der Waals surface area contributed by atoms with Gasteiger partial charge in [0.15, 0.2) is 35.0 Å². The van der Waals surface area contributed by atoms with Gasteiger partial charge in [-0.25, -0.2) is 0 Å². The maximum absolute atomic E-state index is 9.75. The van der Waals surface area contributed by atoms with Gasteiger partial charge in [-0.15, -0.1) is 0 Å². The molecule has 0 fully saturated rings. The van der Waals surface area contributed by atoms with Crippen molar-refractivity contribution in [2.24, 2.45) is 65.3 Å². The Morgan fingerprint density at radius 3 is 0.424 bits per heavy atom. The lowest BCUT2D eigenvalue weighted by Crippen LogP contribution is -2.16. The fourth-order valence-electron chi connectivity index (χ4n) is 8.45. The molecule has 1 aliphatic carbocycles. The van der Waals surface area contributed by atoms with E-state index in [0.29, 0.717) is 71.9 Å². The first-order chi connectivity index (χ1) is 31.8. The number of nitrogens with zero attached hydrogens (tertiary/aromatic N) is 6. The molecule has 18 N–H and O–H groups in total. The van der Waals surface area contributed by atoms with Crippen LogP contribution in [0.1, 0.15) is 100 Å². The van der Waals surface area contributed by atoms with Crippen LogP contribution in [0.2, 0.25) is 0 Å². The monoisotopic (exact) mass is 888 g/mol. The molecule has 0 heterocycles. The maximum atomic E-state index is 9.75. The van der Waals surface area contributed by atoms with Gasteiger partial charge in [-0.2, -0.15) is 0 Å². The summed E-state index contributed by atoms with van der Waals surface area (Å²) >= 11 is 0. The van der Waals surface area contributed by atoms with Gasteiger partial charge >= 0.3 is 0 Å². The Hall–Kier alpha value is -9.06. The van der Waals surface area contributed by atoms with Crippen molar-refractivity contribution in [3.05, 3.63) is 209 Å². The number of amidine groups is 6. The zero-order chi connectivity index (χ0) is 47.1. The summed E-state index contributed by atoms with van der Waals surface area (Å²) in [4.78, 5) is 0. The highest BCUT2D eigenvalue weighted by Gasteiger charge is 2.16. The first-order valence-corrected chi connectivity index (χ1v) is 20.4. The third-order valence-electron chi connectivity index (χ3n) is 11.2. The van der Waals surface area contributed by atoms with Crippen LogP contribution in [0.25, 0.3) is 0 Å². The van der Waals surface area contributed by atoms with Gasteiger partial charge in [-0.1, -0.05) is 67.3 Å². The number of hydrogen-bond acceptors (Lipinski definition) is 12. The number of nitrogens with two attached hydrogens (primary N) is 6. The van der Waals surface area contributed by atoms with Gasteiger partial charge in [0, 0.05) is 33.4 Å². The molecule has 6 aromatic rings. The normalized spacial score (nSPS) is 14.4. The van der Waals surface area contributed by atoms with Crippen LogP contribution in [0.4, 0.5) is 0 Å². The second kappa shape index (κ2) is 19.5. The fraction of sp³-hybridized carbons (Fsp3) is 0.125. The number of fused-ring (bicyclic) bond motifs is 12. The lowest BCUT2D eigenvalue weighted by molar-refractivity contribution is 0.318. The van der Waals surface area contributed by atoms with Crippen molar-refractivity contribution in [1.29, 1.82) is 0 Å². The maximum Gasteiger partial charge on any atom is 0.170 e. The fourth-order valence-corrected chi connectivity index (χ4v) is 8.45. The summed E-state index contributed by atoms with van der Waals surface area (Å²) in [5.41, 5.74) is 49.6. The number of hydrogen-bond donors (Lipinski definition) is 12. The third kappa shape index (κ3) is 10.6. The van der Waals surface area contributed by atoms with Gasteiger partial charge in [-0.3, -0.25) is 0 Å². The average Bonchev–Trinajstić information content (AvgIpc) is 3.31. The number of oxime groups is 6. The highest BCUT2D eigenvalue weighted by molar-refractivity contribution is 6.00. The minimum atomic E-state index is -0.0985. The number of benzene rings is 6. The standard InChI is InChI=1S/C48H48N12O6/c49-43(55-61)37-13-25-1-26(14-37)8-28-3-30(18-39(16-28)45(51)57-63)10-32-5-34(22-41(20-32)47(53)59-65)12-36-6-35(23-42(24-36)48(54)60-66)11-33-4-31(19-40(21-33)46(52)58-64)9-29-2-27(7-25)15-38(17-29)44(50)56-62/h1-6,13-24,61-66H,7-12H2,(H2,49,55)(H2,50,56)(H2,51,57)(H2,52,58)(H2,53,59)(H2,54,60). The van der Waals surface area contributed by atoms with Crippen LogP contribution in [0.5, 0.6) is 0 Å². The molecule has 0 aliphatic heterocycles. The molecule has 336 valence electrons. The highest BCUT2D eigenvalue weighted by atomic mass is 16.4. The van der Waals surface area contributed by atoms with Gasteiger partial charge in [0.05, 0.1) is 0 Å². The van der Waals surface area contributed by atoms with Gasteiger partial charge in [0.25, 0.3) is 0 Å². The summed E-state index contributed by atoms with van der Waals surface area (Å²) in [6.07, 6.45) is 2.09. The Morgan fingerprint density at radius 1 is 0.227 bits per heavy atom. The Morgan fingerprint density at radius 2 is 0.333 bits per heavy atom. The summed E-state index contributed by atoms with van der Waals surface area (Å²) in [7, 11) is 0. The van der Waals surface area contributed by atoms with Crippen molar-refractivity contribution in [3.8, 4) is 0 Å². The molecule has 0 amide bonds. The molecule has 18 heteroatoms. The molecule has 0 saturated carbocycles. The lowest BCUT2D eigenvalue weighted by atomic mass is 9.90. The molecule has 0 saturated heterocycles. The molecular formula is C48H48N12O6. The van der Waals surface area contributed by atoms with Crippen molar-refractivity contribution in [1.82, 2.24) is 0 Å². The van der Waals surface area contributed by atoms with Crippen molar-refractivity contribution in [2.45, 2.75) is 38.5 Å². The largest absolute Gasteiger partial charge is 0.409 e. The van der Waals surface area contributed by atoms with Crippen LogP contribution in [0.15, 0.2) is 140 Å². The topological polar surface area (TPSA) is 352 Å². The second-order valence-electron chi connectivity index (χ2n) is 16.2. The van der Waals surface area contributed by atoms with Gasteiger partial charge in [0.2, 0.25) is 0 Å². The average molecular weight is 889 g/mol. The van der Waals surface area contributed by atoms with E-state index in [1.54, 1.807) is 0 Å². The Labute approximate surface area is 378 Å². The van der Waals surface area contributed by atoms with Crippen molar-refractivity contribution >= 4 is 35.0 Å². The first-order valence-electron chi connectivity index (χ1n) is 20.4. The summed E-state index contributed by atoms with van der Waals surface area (Å²) in [5.74, 6) is -0.591. The predicted octanol–water partition coefficient (Wildman–Crippen LogP) is 4.11. The molecule has 18 nitrogen and oxygen atoms in total. The van der Waals surface area contributed by atoms with Gasteiger partial charge < -0.3 is 65.6 Å². The molecule has 6 aromatic carbocycles. The smallest absolute Gasteiger partial charge is 0.170 e. The van der Waals surface area contributed by atoms with E-state index in [4.69, 9.17) is 34.4 Å². The van der Waals surface area contributed by atoms with Crippen molar-refractivity contribution in [2.75, 3.05) is 0 Å².